The second kappa shape index (κ2) is 15.5. The van der Waals surface area contributed by atoms with E-state index >= 15 is 0 Å². The molecular formula is C20H32O4Si. The molecule has 0 aliphatic carbocycles. The minimum atomic E-state index is -1.45. The maximum absolute atomic E-state index is 11.2. The molecule has 0 aromatic rings. The monoisotopic (exact) mass is 364 g/mol. The van der Waals surface area contributed by atoms with Crippen molar-refractivity contribution in [2.75, 3.05) is 0 Å². The molecule has 140 valence electrons. The molecule has 0 aromatic heterocycles. The predicted octanol–water partition coefficient (Wildman–Crippen LogP) is 3.78. The van der Waals surface area contributed by atoms with Crippen molar-refractivity contribution in [1.82, 2.24) is 0 Å². The van der Waals surface area contributed by atoms with Crippen LogP contribution in [0.2, 0.25) is 19.6 Å². The molecule has 0 aliphatic rings. The van der Waals surface area contributed by atoms with Crippen molar-refractivity contribution >= 4 is 31.2 Å². The summed E-state index contributed by atoms with van der Waals surface area (Å²) in [6.07, 6.45) is 6.90. The number of hydrogen-bond donors (Lipinski definition) is 0. The fourth-order valence-electron chi connectivity index (χ4n) is 1.25. The molecule has 0 heterocycles. The predicted molar refractivity (Wildman–Crippen MR) is 106 cm³/mol. The SMILES string of the molecule is C.C#CC(=O)CCC(=O)CC.CCC(=O)CCC(=O)C#C[Si](C)(C)C. The smallest absolute Gasteiger partial charge is 0.205 e. The van der Waals surface area contributed by atoms with Crippen LogP contribution in [0, 0.1) is 23.8 Å². The van der Waals surface area contributed by atoms with Crippen molar-refractivity contribution in [3.63, 3.8) is 0 Å². The zero-order valence-electron chi connectivity index (χ0n) is 15.5. The lowest BCUT2D eigenvalue weighted by Crippen LogP contribution is -2.17. The molecule has 25 heavy (non-hydrogen) atoms. The quantitative estimate of drug-likeness (QED) is 0.373. The summed E-state index contributed by atoms with van der Waals surface area (Å²) in [5, 5.41) is 0. The summed E-state index contributed by atoms with van der Waals surface area (Å²) < 4.78 is 0. The van der Waals surface area contributed by atoms with Gasteiger partial charge < -0.3 is 0 Å². The first-order valence-corrected chi connectivity index (χ1v) is 11.6. The summed E-state index contributed by atoms with van der Waals surface area (Å²) in [6, 6.07) is 0. The molecule has 0 saturated carbocycles. The number of ketones is 4. The van der Waals surface area contributed by atoms with E-state index in [0.717, 1.165) is 0 Å². The number of hydrogen-bond acceptors (Lipinski definition) is 4. The maximum atomic E-state index is 11.2. The van der Waals surface area contributed by atoms with Crippen LogP contribution in [0.5, 0.6) is 0 Å². The molecular weight excluding hydrogens is 332 g/mol. The van der Waals surface area contributed by atoms with Gasteiger partial charge in [0.2, 0.25) is 11.6 Å². The van der Waals surface area contributed by atoms with E-state index in [2.05, 4.69) is 31.1 Å². The Morgan fingerprint density at radius 3 is 1.52 bits per heavy atom. The summed E-state index contributed by atoms with van der Waals surface area (Å²) in [5.41, 5.74) is 2.99. The molecule has 5 heteroatoms. The van der Waals surface area contributed by atoms with Crippen LogP contribution in [0.3, 0.4) is 0 Å². The Hall–Kier alpha value is -1.98. The number of Topliss-reactive ketones (excluding diaryl/α,β-unsaturated/α-hetero) is 4. The minimum Gasteiger partial charge on any atom is -0.300 e. The highest BCUT2D eigenvalue weighted by atomic mass is 28.3. The first kappa shape index (κ1) is 27.8. The van der Waals surface area contributed by atoms with Gasteiger partial charge in [-0.3, -0.25) is 19.2 Å². The molecule has 0 fully saturated rings. The van der Waals surface area contributed by atoms with E-state index in [1.807, 2.05) is 5.92 Å². The fourth-order valence-corrected chi connectivity index (χ4v) is 1.77. The molecule has 0 aromatic carbocycles. The third kappa shape index (κ3) is 22.0. The van der Waals surface area contributed by atoms with Crippen LogP contribution in [0.1, 0.15) is 59.8 Å². The van der Waals surface area contributed by atoms with Crippen LogP contribution in [0.4, 0.5) is 0 Å². The lowest BCUT2D eigenvalue weighted by Gasteiger charge is -2.02. The van der Waals surface area contributed by atoms with E-state index in [0.29, 0.717) is 25.7 Å². The van der Waals surface area contributed by atoms with Crippen molar-refractivity contribution in [1.29, 1.82) is 0 Å². The fraction of sp³-hybridized carbons (Fsp3) is 0.600. The maximum Gasteiger partial charge on any atom is 0.205 e. The first-order chi connectivity index (χ1) is 11.1. The van der Waals surface area contributed by atoms with Crippen LogP contribution in [0.15, 0.2) is 0 Å². The lowest BCUT2D eigenvalue weighted by molar-refractivity contribution is -0.121. The van der Waals surface area contributed by atoms with Crippen molar-refractivity contribution in [3.8, 4) is 23.8 Å². The molecule has 0 amide bonds. The average molecular weight is 365 g/mol. The highest BCUT2D eigenvalue weighted by molar-refractivity contribution is 6.84. The van der Waals surface area contributed by atoms with Gasteiger partial charge in [-0.15, -0.1) is 12.0 Å². The molecule has 0 saturated heterocycles. The van der Waals surface area contributed by atoms with E-state index in [4.69, 9.17) is 6.42 Å². The number of carbonyl (C=O) groups excluding carboxylic acids is 4. The largest absolute Gasteiger partial charge is 0.300 e. The molecule has 0 atom stereocenters. The molecule has 0 bridgehead atoms. The molecule has 0 aliphatic heterocycles. The third-order valence-electron chi connectivity index (χ3n) is 2.79. The Balaban J connectivity index is -0.000000392. The van der Waals surface area contributed by atoms with Gasteiger partial charge in [0.1, 0.15) is 19.6 Å². The minimum absolute atomic E-state index is 0. The van der Waals surface area contributed by atoms with Crippen molar-refractivity contribution < 1.29 is 19.2 Å². The topological polar surface area (TPSA) is 68.3 Å². The van der Waals surface area contributed by atoms with Crippen molar-refractivity contribution in [2.45, 2.75) is 79.4 Å². The van der Waals surface area contributed by atoms with Gasteiger partial charge >= 0.3 is 0 Å². The highest BCUT2D eigenvalue weighted by Gasteiger charge is 2.09. The zero-order chi connectivity index (χ0) is 19.2. The summed E-state index contributed by atoms with van der Waals surface area (Å²) in [5.74, 6) is 4.40. The van der Waals surface area contributed by atoms with Gasteiger partial charge in [0.05, 0.1) is 0 Å². The third-order valence-corrected chi connectivity index (χ3v) is 3.66. The van der Waals surface area contributed by atoms with E-state index < -0.39 is 8.07 Å². The van der Waals surface area contributed by atoms with Crippen LogP contribution in [-0.4, -0.2) is 31.2 Å². The van der Waals surface area contributed by atoms with Gasteiger partial charge in [-0.05, 0) is 11.8 Å². The molecule has 4 nitrogen and oxygen atoms in total. The standard InChI is InChI=1S/C11H18O2Si.C8H10O2.CH4/c1-5-10(12)6-7-11(13)8-9-14(2,3)4;1-3-7(9)5-6-8(10)4-2;/h5-7H2,1-4H3;1H,4-6H2,2H3;1H4. The summed E-state index contributed by atoms with van der Waals surface area (Å²) in [7, 11) is -1.45. The second-order valence-electron chi connectivity index (χ2n) is 6.28. The van der Waals surface area contributed by atoms with Crippen LogP contribution >= 0.6 is 0 Å². The highest BCUT2D eigenvalue weighted by Crippen LogP contribution is 1.98. The first-order valence-electron chi connectivity index (χ1n) is 8.14. The van der Waals surface area contributed by atoms with Gasteiger partial charge in [-0.2, -0.15) is 0 Å². The summed E-state index contributed by atoms with van der Waals surface area (Å²) >= 11 is 0. The van der Waals surface area contributed by atoms with E-state index in [9.17, 15) is 19.2 Å². The molecule has 0 radical (unpaired) electrons. The van der Waals surface area contributed by atoms with Crippen molar-refractivity contribution in [3.05, 3.63) is 0 Å². The van der Waals surface area contributed by atoms with Gasteiger partial charge in [0.25, 0.3) is 0 Å². The Kier molecular flexibility index (Phi) is 17.3. The van der Waals surface area contributed by atoms with E-state index in [-0.39, 0.29) is 43.4 Å². The Morgan fingerprint density at radius 1 is 0.800 bits per heavy atom. The second-order valence-corrected chi connectivity index (χ2v) is 11.0. The molecule has 0 rings (SSSR count). The van der Waals surface area contributed by atoms with Crippen LogP contribution < -0.4 is 0 Å². The van der Waals surface area contributed by atoms with Gasteiger partial charge in [0.15, 0.2) is 0 Å². The van der Waals surface area contributed by atoms with Gasteiger partial charge in [-0.1, -0.05) is 40.9 Å². The molecule has 0 spiro atoms. The molecule has 0 N–H and O–H groups in total. The Bertz CT molecular complexity index is 551. The van der Waals surface area contributed by atoms with Crippen molar-refractivity contribution in [2.24, 2.45) is 0 Å². The average Bonchev–Trinajstić information content (AvgIpc) is 2.54. The van der Waals surface area contributed by atoms with Gasteiger partial charge in [0, 0.05) is 38.5 Å². The van der Waals surface area contributed by atoms with E-state index in [1.54, 1.807) is 13.8 Å². The van der Waals surface area contributed by atoms with Gasteiger partial charge in [-0.25, -0.2) is 0 Å². The summed E-state index contributed by atoms with van der Waals surface area (Å²) in [4.78, 5) is 43.2. The number of terminal acetylenes is 1. The summed E-state index contributed by atoms with van der Waals surface area (Å²) in [6.45, 7) is 9.84. The Labute approximate surface area is 154 Å². The van der Waals surface area contributed by atoms with E-state index in [1.165, 1.54) is 0 Å². The number of rotatable bonds is 8. The number of carbonyl (C=O) groups is 4. The Morgan fingerprint density at radius 2 is 1.20 bits per heavy atom. The molecule has 0 unspecified atom stereocenters. The van der Waals surface area contributed by atoms with Crippen LogP contribution in [-0.2, 0) is 19.2 Å². The van der Waals surface area contributed by atoms with Crippen LogP contribution in [0.25, 0.3) is 0 Å². The zero-order valence-corrected chi connectivity index (χ0v) is 16.5. The lowest BCUT2D eigenvalue weighted by atomic mass is 10.1. The normalized spacial score (nSPS) is 9.12.